The minimum atomic E-state index is -0.616. The van der Waals surface area contributed by atoms with Crippen molar-refractivity contribution in [3.63, 3.8) is 0 Å². The number of nitrogens with one attached hydrogen (secondary N) is 2. The summed E-state index contributed by atoms with van der Waals surface area (Å²) in [7, 11) is 1.52. The van der Waals surface area contributed by atoms with E-state index in [9.17, 15) is 9.59 Å². The number of nitrogens with zero attached hydrogens (tertiary/aromatic N) is 3. The van der Waals surface area contributed by atoms with Crippen molar-refractivity contribution < 1.29 is 9.59 Å². The molecule has 2 heterocycles. The van der Waals surface area contributed by atoms with Crippen LogP contribution < -0.4 is 10.6 Å². The minimum Gasteiger partial charge on any atom is -0.357 e. The van der Waals surface area contributed by atoms with Crippen molar-refractivity contribution in [1.82, 2.24) is 25.6 Å². The van der Waals surface area contributed by atoms with E-state index in [1.807, 2.05) is 17.5 Å². The Kier molecular flexibility index (Phi) is 4.46. The van der Waals surface area contributed by atoms with Crippen molar-refractivity contribution in [3.05, 3.63) is 34.3 Å². The summed E-state index contributed by atoms with van der Waals surface area (Å²) in [5, 5.41) is 14.7. The maximum atomic E-state index is 11.9. The van der Waals surface area contributed by atoms with Crippen LogP contribution in [0.4, 0.5) is 0 Å². The van der Waals surface area contributed by atoms with Crippen LogP contribution in [0, 0.1) is 0 Å². The second kappa shape index (κ2) is 6.29. The summed E-state index contributed by atoms with van der Waals surface area (Å²) in [6, 6.07) is 3.32. The third-order valence-electron chi connectivity index (χ3n) is 2.66. The quantitative estimate of drug-likeness (QED) is 0.827. The molecule has 0 aliphatic heterocycles. The van der Waals surface area contributed by atoms with Gasteiger partial charge in [-0.25, -0.2) is 4.68 Å². The van der Waals surface area contributed by atoms with Gasteiger partial charge in [-0.1, -0.05) is 11.3 Å². The van der Waals surface area contributed by atoms with Crippen LogP contribution in [0.1, 0.15) is 22.3 Å². The summed E-state index contributed by atoms with van der Waals surface area (Å²) in [4.78, 5) is 24.3. The lowest BCUT2D eigenvalue weighted by molar-refractivity contribution is -0.122. The lowest BCUT2D eigenvalue weighted by Gasteiger charge is -2.10. The van der Waals surface area contributed by atoms with E-state index in [-0.39, 0.29) is 11.6 Å². The lowest BCUT2D eigenvalue weighted by Crippen LogP contribution is -2.43. The normalized spacial score (nSPS) is 11.9. The van der Waals surface area contributed by atoms with Gasteiger partial charge in [0.15, 0.2) is 5.69 Å². The van der Waals surface area contributed by atoms with Gasteiger partial charge in [-0.05, 0) is 18.4 Å². The number of likely N-dealkylation sites (N-methyl/N-ethyl adjacent to an activating group) is 1. The molecule has 2 N–H and O–H groups in total. The van der Waals surface area contributed by atoms with E-state index in [0.29, 0.717) is 6.54 Å². The highest BCUT2D eigenvalue weighted by atomic mass is 32.1. The van der Waals surface area contributed by atoms with Crippen LogP contribution >= 0.6 is 11.3 Å². The molecule has 0 aliphatic carbocycles. The Morgan fingerprint density at radius 2 is 2.30 bits per heavy atom. The highest BCUT2D eigenvalue weighted by molar-refractivity contribution is 7.09. The minimum absolute atomic E-state index is 0.192. The molecule has 0 spiro atoms. The van der Waals surface area contributed by atoms with Crippen molar-refractivity contribution in [2.45, 2.75) is 19.5 Å². The molecule has 106 valence electrons. The van der Waals surface area contributed by atoms with E-state index in [2.05, 4.69) is 20.9 Å². The molecular formula is C12H15N5O2S. The van der Waals surface area contributed by atoms with E-state index in [1.54, 1.807) is 29.1 Å². The van der Waals surface area contributed by atoms with Crippen molar-refractivity contribution in [2.75, 3.05) is 7.05 Å². The predicted octanol–water partition coefficient (Wildman–Crippen LogP) is 0.252. The predicted molar refractivity (Wildman–Crippen MR) is 74.4 cm³/mol. The molecule has 20 heavy (non-hydrogen) atoms. The van der Waals surface area contributed by atoms with Crippen molar-refractivity contribution in [1.29, 1.82) is 0 Å². The number of carbonyl (C=O) groups excluding carboxylic acids is 2. The van der Waals surface area contributed by atoms with Gasteiger partial charge in [0.2, 0.25) is 5.91 Å². The van der Waals surface area contributed by atoms with Gasteiger partial charge in [-0.3, -0.25) is 9.59 Å². The van der Waals surface area contributed by atoms with Gasteiger partial charge in [0.25, 0.3) is 5.91 Å². The first-order valence-corrected chi connectivity index (χ1v) is 6.93. The van der Waals surface area contributed by atoms with Gasteiger partial charge in [-0.15, -0.1) is 16.4 Å². The zero-order chi connectivity index (χ0) is 14.5. The summed E-state index contributed by atoms with van der Waals surface area (Å²) in [5.74, 6) is -0.678. The Bertz CT molecular complexity index is 593. The lowest BCUT2D eigenvalue weighted by atomic mass is 10.3. The van der Waals surface area contributed by atoms with Crippen LogP contribution in [-0.2, 0) is 11.3 Å². The van der Waals surface area contributed by atoms with Gasteiger partial charge in [0.1, 0.15) is 6.04 Å². The fourth-order valence-corrected chi connectivity index (χ4v) is 2.29. The zero-order valence-electron chi connectivity index (χ0n) is 11.2. The van der Waals surface area contributed by atoms with Gasteiger partial charge in [-0.2, -0.15) is 0 Å². The third kappa shape index (κ3) is 3.41. The molecule has 2 rings (SSSR count). The van der Waals surface area contributed by atoms with Crippen molar-refractivity contribution in [3.8, 4) is 0 Å². The van der Waals surface area contributed by atoms with Crippen LogP contribution in [-0.4, -0.2) is 39.9 Å². The highest BCUT2D eigenvalue weighted by Gasteiger charge is 2.17. The van der Waals surface area contributed by atoms with Crippen molar-refractivity contribution in [2.24, 2.45) is 0 Å². The molecule has 0 aliphatic rings. The monoisotopic (exact) mass is 293 g/mol. The Morgan fingerprint density at radius 3 is 2.95 bits per heavy atom. The maximum Gasteiger partial charge on any atom is 0.274 e. The summed E-state index contributed by atoms with van der Waals surface area (Å²) in [5.41, 5.74) is 0.192. The average Bonchev–Trinajstić information content (AvgIpc) is 3.09. The summed E-state index contributed by atoms with van der Waals surface area (Å²) >= 11 is 1.61. The first-order chi connectivity index (χ1) is 9.60. The van der Waals surface area contributed by atoms with Gasteiger partial charge >= 0.3 is 0 Å². The molecule has 0 radical (unpaired) electrons. The molecule has 1 atom stereocenters. The van der Waals surface area contributed by atoms with Crippen LogP contribution in [0.3, 0.4) is 0 Å². The van der Waals surface area contributed by atoms with E-state index in [0.717, 1.165) is 4.88 Å². The molecule has 0 bridgehead atoms. The van der Waals surface area contributed by atoms with Crippen molar-refractivity contribution >= 4 is 23.2 Å². The van der Waals surface area contributed by atoms with Gasteiger partial charge < -0.3 is 10.6 Å². The molecule has 2 aromatic heterocycles. The third-order valence-corrected chi connectivity index (χ3v) is 3.52. The molecule has 0 saturated heterocycles. The Morgan fingerprint density at radius 1 is 1.50 bits per heavy atom. The number of carbonyl (C=O) groups is 2. The molecule has 1 unspecified atom stereocenters. The Hall–Kier alpha value is -2.22. The van der Waals surface area contributed by atoms with Gasteiger partial charge in [0.05, 0.1) is 12.7 Å². The topological polar surface area (TPSA) is 88.9 Å². The number of amides is 2. The highest BCUT2D eigenvalue weighted by Crippen LogP contribution is 2.09. The number of hydrogen-bond acceptors (Lipinski definition) is 5. The SMILES string of the molecule is CNC(=O)C(C)NC(=O)c1cn(Cc2cccs2)nn1. The molecule has 0 fully saturated rings. The molecule has 0 aromatic carbocycles. The molecular weight excluding hydrogens is 278 g/mol. The molecule has 8 heteroatoms. The smallest absolute Gasteiger partial charge is 0.274 e. The van der Waals surface area contributed by atoms with E-state index in [4.69, 9.17) is 0 Å². The number of thiophene rings is 1. The number of aromatic nitrogens is 3. The van der Waals surface area contributed by atoms with Crippen LogP contribution in [0.15, 0.2) is 23.7 Å². The maximum absolute atomic E-state index is 11.9. The van der Waals surface area contributed by atoms with Crippen LogP contribution in [0.25, 0.3) is 0 Å². The van der Waals surface area contributed by atoms with E-state index >= 15 is 0 Å². The molecule has 7 nitrogen and oxygen atoms in total. The summed E-state index contributed by atoms with van der Waals surface area (Å²) in [6.45, 7) is 2.18. The summed E-state index contributed by atoms with van der Waals surface area (Å²) in [6.07, 6.45) is 1.56. The Labute approximate surface area is 120 Å². The average molecular weight is 293 g/mol. The molecule has 0 saturated carbocycles. The second-order valence-corrected chi connectivity index (χ2v) is 5.22. The van der Waals surface area contributed by atoms with Crippen LogP contribution in [0.5, 0.6) is 0 Å². The second-order valence-electron chi connectivity index (χ2n) is 4.19. The van der Waals surface area contributed by atoms with Gasteiger partial charge in [0, 0.05) is 11.9 Å². The van der Waals surface area contributed by atoms with Crippen LogP contribution in [0.2, 0.25) is 0 Å². The number of hydrogen-bond donors (Lipinski definition) is 2. The first kappa shape index (κ1) is 14.2. The molecule has 2 aromatic rings. The largest absolute Gasteiger partial charge is 0.357 e. The zero-order valence-corrected chi connectivity index (χ0v) is 12.0. The fourth-order valence-electron chi connectivity index (χ4n) is 1.59. The fraction of sp³-hybridized carbons (Fsp3) is 0.333. The number of rotatable bonds is 5. The van der Waals surface area contributed by atoms with E-state index in [1.165, 1.54) is 7.05 Å². The molecule has 2 amide bonds. The first-order valence-electron chi connectivity index (χ1n) is 6.05. The van der Waals surface area contributed by atoms with E-state index < -0.39 is 11.9 Å². The Balaban J connectivity index is 1.97. The summed E-state index contributed by atoms with van der Waals surface area (Å²) < 4.78 is 1.59. The standard InChI is InChI=1S/C12H15N5O2S/c1-8(11(18)13-2)14-12(19)10-7-17(16-15-10)6-9-4-3-5-20-9/h3-5,7-8H,6H2,1-2H3,(H,13,18)(H,14,19).